The van der Waals surface area contributed by atoms with Crippen LogP contribution in [0.5, 0.6) is 0 Å². The molecule has 0 spiro atoms. The molecule has 0 heterocycles. The van der Waals surface area contributed by atoms with Crippen molar-refractivity contribution < 1.29 is 0 Å². The van der Waals surface area contributed by atoms with Crippen LogP contribution in [0.4, 0.5) is 5.69 Å². The van der Waals surface area contributed by atoms with E-state index in [1.54, 1.807) is 0 Å². The van der Waals surface area contributed by atoms with Gasteiger partial charge in [0.05, 0.1) is 11.6 Å². The number of anilines is 1. The van der Waals surface area contributed by atoms with Gasteiger partial charge in [0.15, 0.2) is 0 Å². The van der Waals surface area contributed by atoms with E-state index in [1.807, 2.05) is 42.5 Å². The monoisotopic (exact) mass is 326 g/mol. The molecule has 0 amide bonds. The highest BCUT2D eigenvalue weighted by Gasteiger charge is 2.21. The molecule has 0 radical (unpaired) electrons. The van der Waals surface area contributed by atoms with Crippen LogP contribution in [-0.4, -0.2) is 0 Å². The van der Waals surface area contributed by atoms with Gasteiger partial charge in [-0.15, -0.1) is 0 Å². The summed E-state index contributed by atoms with van der Waals surface area (Å²) >= 11 is 0. The maximum absolute atomic E-state index is 9.01. The Morgan fingerprint density at radius 1 is 0.800 bits per heavy atom. The van der Waals surface area contributed by atoms with Gasteiger partial charge in [-0.1, -0.05) is 63.2 Å². The van der Waals surface area contributed by atoms with Gasteiger partial charge in [0, 0.05) is 11.3 Å². The van der Waals surface area contributed by atoms with Crippen molar-refractivity contribution in [2.75, 3.05) is 5.73 Å². The SMILES string of the molecule is CC(C)(C)c1cc(-c2ccc(C#N)cc2)cc(-c2ccccc2)c1N. The minimum Gasteiger partial charge on any atom is -0.398 e. The average molecular weight is 326 g/mol. The number of nitriles is 1. The molecule has 2 nitrogen and oxygen atoms in total. The van der Waals surface area contributed by atoms with Gasteiger partial charge in [-0.25, -0.2) is 0 Å². The van der Waals surface area contributed by atoms with Crippen molar-refractivity contribution in [3.63, 3.8) is 0 Å². The Balaban J connectivity index is 2.24. The second kappa shape index (κ2) is 6.45. The average Bonchev–Trinajstić information content (AvgIpc) is 2.62. The molecule has 3 aromatic rings. The second-order valence-corrected chi connectivity index (χ2v) is 7.29. The quantitative estimate of drug-likeness (QED) is 0.608. The predicted molar refractivity (Wildman–Crippen MR) is 105 cm³/mol. The number of nitrogens with two attached hydrogens (primary N) is 1. The molecule has 3 rings (SSSR count). The molecule has 2 N–H and O–H groups in total. The van der Waals surface area contributed by atoms with Gasteiger partial charge in [0.1, 0.15) is 0 Å². The summed E-state index contributed by atoms with van der Waals surface area (Å²) in [5.41, 5.74) is 13.5. The summed E-state index contributed by atoms with van der Waals surface area (Å²) in [5, 5.41) is 9.01. The lowest BCUT2D eigenvalue weighted by Gasteiger charge is -2.24. The van der Waals surface area contributed by atoms with E-state index >= 15 is 0 Å². The second-order valence-electron chi connectivity index (χ2n) is 7.29. The molecule has 124 valence electrons. The summed E-state index contributed by atoms with van der Waals surface area (Å²) in [5.74, 6) is 0. The van der Waals surface area contributed by atoms with E-state index in [0.717, 1.165) is 33.5 Å². The van der Waals surface area contributed by atoms with E-state index < -0.39 is 0 Å². The first-order chi connectivity index (χ1) is 11.9. The van der Waals surface area contributed by atoms with E-state index in [2.05, 4.69) is 51.1 Å². The van der Waals surface area contributed by atoms with Crippen LogP contribution >= 0.6 is 0 Å². The van der Waals surface area contributed by atoms with E-state index in [-0.39, 0.29) is 5.41 Å². The number of hydrogen-bond donors (Lipinski definition) is 1. The summed E-state index contributed by atoms with van der Waals surface area (Å²) in [6.45, 7) is 6.53. The van der Waals surface area contributed by atoms with E-state index in [4.69, 9.17) is 11.0 Å². The Labute approximate surface area is 149 Å². The van der Waals surface area contributed by atoms with Crippen molar-refractivity contribution in [3.05, 3.63) is 77.9 Å². The fourth-order valence-corrected chi connectivity index (χ4v) is 3.03. The van der Waals surface area contributed by atoms with E-state index in [1.165, 1.54) is 0 Å². The summed E-state index contributed by atoms with van der Waals surface area (Å²) in [6.07, 6.45) is 0. The number of nitrogens with zero attached hydrogens (tertiary/aromatic N) is 1. The molecule has 0 aliphatic heterocycles. The lowest BCUT2D eigenvalue weighted by atomic mass is 9.81. The van der Waals surface area contributed by atoms with Crippen LogP contribution in [0.25, 0.3) is 22.3 Å². The van der Waals surface area contributed by atoms with E-state index in [9.17, 15) is 0 Å². The Morgan fingerprint density at radius 2 is 1.44 bits per heavy atom. The lowest BCUT2D eigenvalue weighted by Crippen LogP contribution is -2.15. The first kappa shape index (κ1) is 16.8. The molecular weight excluding hydrogens is 304 g/mol. The molecule has 0 atom stereocenters. The minimum absolute atomic E-state index is 0.0593. The Morgan fingerprint density at radius 3 is 2.00 bits per heavy atom. The molecular formula is C23H22N2. The topological polar surface area (TPSA) is 49.8 Å². The molecule has 0 saturated carbocycles. The number of hydrogen-bond acceptors (Lipinski definition) is 2. The molecule has 0 aliphatic carbocycles. The van der Waals surface area contributed by atoms with Crippen LogP contribution in [0.15, 0.2) is 66.7 Å². The largest absolute Gasteiger partial charge is 0.398 e. The maximum Gasteiger partial charge on any atom is 0.0991 e. The minimum atomic E-state index is -0.0593. The first-order valence-corrected chi connectivity index (χ1v) is 8.40. The van der Waals surface area contributed by atoms with E-state index in [0.29, 0.717) is 5.56 Å². The zero-order valence-corrected chi connectivity index (χ0v) is 14.9. The molecule has 0 fully saturated rings. The molecule has 2 heteroatoms. The predicted octanol–water partition coefficient (Wildman–Crippen LogP) is 5.77. The Bertz CT molecular complexity index is 925. The summed E-state index contributed by atoms with van der Waals surface area (Å²) in [7, 11) is 0. The molecule has 0 bridgehead atoms. The highest BCUT2D eigenvalue weighted by molar-refractivity contribution is 5.85. The normalized spacial score (nSPS) is 11.1. The van der Waals surface area contributed by atoms with Gasteiger partial charge in [-0.2, -0.15) is 5.26 Å². The third-order valence-corrected chi connectivity index (χ3v) is 4.42. The fourth-order valence-electron chi connectivity index (χ4n) is 3.03. The van der Waals surface area contributed by atoms with Gasteiger partial charge in [-0.3, -0.25) is 0 Å². The van der Waals surface area contributed by atoms with Crippen LogP contribution in [0.1, 0.15) is 31.9 Å². The standard InChI is InChI=1S/C23H22N2/c1-23(2,3)21-14-19(17-11-9-16(15-24)10-12-17)13-20(22(21)25)18-7-5-4-6-8-18/h4-14H,25H2,1-3H3. The lowest BCUT2D eigenvalue weighted by molar-refractivity contribution is 0.593. The van der Waals surface area contributed by atoms with Crippen molar-refractivity contribution in [3.8, 4) is 28.3 Å². The third-order valence-electron chi connectivity index (χ3n) is 4.42. The van der Waals surface area contributed by atoms with Crippen LogP contribution < -0.4 is 5.73 Å². The molecule has 25 heavy (non-hydrogen) atoms. The summed E-state index contributed by atoms with van der Waals surface area (Å²) < 4.78 is 0. The van der Waals surface area contributed by atoms with Gasteiger partial charge >= 0.3 is 0 Å². The van der Waals surface area contributed by atoms with Crippen molar-refractivity contribution in [1.29, 1.82) is 5.26 Å². The smallest absolute Gasteiger partial charge is 0.0991 e. The summed E-state index contributed by atoms with van der Waals surface area (Å²) in [4.78, 5) is 0. The van der Waals surface area contributed by atoms with Gasteiger partial charge in [-0.05, 0) is 51.9 Å². The van der Waals surface area contributed by atoms with Crippen LogP contribution in [0.2, 0.25) is 0 Å². The first-order valence-electron chi connectivity index (χ1n) is 8.40. The van der Waals surface area contributed by atoms with Crippen molar-refractivity contribution >= 4 is 5.69 Å². The van der Waals surface area contributed by atoms with Gasteiger partial charge in [0.2, 0.25) is 0 Å². The maximum atomic E-state index is 9.01. The highest BCUT2D eigenvalue weighted by atomic mass is 14.6. The number of benzene rings is 3. The Kier molecular flexibility index (Phi) is 4.33. The zero-order valence-electron chi connectivity index (χ0n) is 14.9. The fraction of sp³-hybridized carbons (Fsp3) is 0.174. The Hall–Kier alpha value is -3.05. The molecule has 0 aliphatic rings. The van der Waals surface area contributed by atoms with Crippen LogP contribution in [0, 0.1) is 11.3 Å². The van der Waals surface area contributed by atoms with Crippen molar-refractivity contribution in [2.24, 2.45) is 0 Å². The number of nitrogen functional groups attached to an aromatic ring is 1. The van der Waals surface area contributed by atoms with Gasteiger partial charge < -0.3 is 5.73 Å². The summed E-state index contributed by atoms with van der Waals surface area (Å²) in [6, 6.07) is 24.4. The number of rotatable bonds is 2. The molecule has 0 aromatic heterocycles. The van der Waals surface area contributed by atoms with Crippen LogP contribution in [0.3, 0.4) is 0 Å². The zero-order chi connectivity index (χ0) is 18.0. The third kappa shape index (κ3) is 3.41. The van der Waals surface area contributed by atoms with Crippen molar-refractivity contribution in [1.82, 2.24) is 0 Å². The highest BCUT2D eigenvalue weighted by Crippen LogP contribution is 2.39. The van der Waals surface area contributed by atoms with Crippen molar-refractivity contribution in [2.45, 2.75) is 26.2 Å². The molecule has 3 aromatic carbocycles. The van der Waals surface area contributed by atoms with Gasteiger partial charge in [0.25, 0.3) is 0 Å². The van der Waals surface area contributed by atoms with Crippen LogP contribution in [-0.2, 0) is 5.41 Å². The molecule has 0 unspecified atom stereocenters. The molecule has 0 saturated heterocycles.